The third kappa shape index (κ3) is 3.98. The van der Waals surface area contributed by atoms with Gasteiger partial charge < -0.3 is 15.0 Å². The molecule has 0 radical (unpaired) electrons. The van der Waals surface area contributed by atoms with Gasteiger partial charge in [0.1, 0.15) is 12.3 Å². The maximum Gasteiger partial charge on any atom is 0.240 e. The van der Waals surface area contributed by atoms with E-state index in [-0.39, 0.29) is 18.4 Å². The first-order valence-electron chi connectivity index (χ1n) is 6.90. The number of nitrogens with one attached hydrogen (secondary N) is 1. The van der Waals surface area contributed by atoms with Gasteiger partial charge in [0.15, 0.2) is 0 Å². The number of anilines is 1. The van der Waals surface area contributed by atoms with Crippen molar-refractivity contribution < 1.29 is 14.3 Å². The molecule has 2 rings (SSSR count). The van der Waals surface area contributed by atoms with Gasteiger partial charge in [-0.1, -0.05) is 0 Å². The van der Waals surface area contributed by atoms with Gasteiger partial charge in [-0.05, 0) is 44.0 Å². The maximum absolute atomic E-state index is 11.8. The molecule has 1 aliphatic carbocycles. The van der Waals surface area contributed by atoms with Crippen LogP contribution in [0, 0.1) is 0 Å². The molecule has 0 aliphatic heterocycles. The van der Waals surface area contributed by atoms with E-state index in [0.717, 1.165) is 18.6 Å². The van der Waals surface area contributed by atoms with E-state index in [4.69, 9.17) is 4.74 Å². The molecule has 1 fully saturated rings. The summed E-state index contributed by atoms with van der Waals surface area (Å²) < 4.78 is 5.36. The smallest absolute Gasteiger partial charge is 0.240 e. The van der Waals surface area contributed by atoms with Gasteiger partial charge in [-0.25, -0.2) is 0 Å². The molecular formula is C15H20N2O3. The molecular weight excluding hydrogens is 256 g/mol. The zero-order valence-electron chi connectivity index (χ0n) is 11.9. The Morgan fingerprint density at radius 1 is 1.30 bits per heavy atom. The number of rotatable bonds is 6. The minimum absolute atomic E-state index is 0.0554. The molecule has 1 aromatic carbocycles. The van der Waals surface area contributed by atoms with Crippen LogP contribution in [-0.2, 0) is 9.59 Å². The van der Waals surface area contributed by atoms with Crippen molar-refractivity contribution >= 4 is 17.5 Å². The minimum Gasteiger partial charge on any atom is -0.494 e. The van der Waals surface area contributed by atoms with Gasteiger partial charge in [0.05, 0.1) is 6.61 Å². The molecule has 2 amide bonds. The molecule has 0 atom stereocenters. The number of hydrogen-bond donors (Lipinski definition) is 1. The third-order valence-corrected chi connectivity index (χ3v) is 3.08. The summed E-state index contributed by atoms with van der Waals surface area (Å²) in [6.07, 6.45) is 2.07. The Labute approximate surface area is 118 Å². The number of ether oxygens (including phenoxy) is 1. The van der Waals surface area contributed by atoms with Crippen molar-refractivity contribution in [3.8, 4) is 5.75 Å². The second-order valence-electron chi connectivity index (χ2n) is 4.87. The number of hydrogen-bond acceptors (Lipinski definition) is 3. The van der Waals surface area contributed by atoms with Crippen molar-refractivity contribution in [2.24, 2.45) is 0 Å². The maximum atomic E-state index is 11.8. The molecule has 1 aromatic rings. The molecule has 0 heterocycles. The van der Waals surface area contributed by atoms with Crippen LogP contribution in [-0.4, -0.2) is 31.0 Å². The van der Waals surface area contributed by atoms with E-state index in [1.165, 1.54) is 11.8 Å². The molecule has 0 spiro atoms. The van der Waals surface area contributed by atoms with Crippen LogP contribution in [0.25, 0.3) is 0 Å². The first-order valence-corrected chi connectivity index (χ1v) is 6.90. The van der Waals surface area contributed by atoms with E-state index in [9.17, 15) is 9.59 Å². The minimum atomic E-state index is -0.153. The summed E-state index contributed by atoms with van der Waals surface area (Å²) in [6.45, 7) is 4.03. The Hall–Kier alpha value is -2.04. The Morgan fingerprint density at radius 2 is 1.95 bits per heavy atom. The van der Waals surface area contributed by atoms with Crippen LogP contribution < -0.4 is 15.0 Å². The first-order chi connectivity index (χ1) is 9.60. The van der Waals surface area contributed by atoms with Crippen molar-refractivity contribution in [2.45, 2.75) is 32.7 Å². The van der Waals surface area contributed by atoms with E-state index in [1.807, 2.05) is 6.92 Å². The quantitative estimate of drug-likeness (QED) is 0.860. The van der Waals surface area contributed by atoms with E-state index in [0.29, 0.717) is 18.3 Å². The normalized spacial score (nSPS) is 13.7. The van der Waals surface area contributed by atoms with E-state index in [2.05, 4.69) is 5.32 Å². The summed E-state index contributed by atoms with van der Waals surface area (Å²) in [5.74, 6) is 0.485. The molecule has 20 heavy (non-hydrogen) atoms. The Kier molecular flexibility index (Phi) is 4.61. The number of carbonyl (C=O) groups is 2. The topological polar surface area (TPSA) is 58.6 Å². The van der Waals surface area contributed by atoms with Crippen LogP contribution in [0.15, 0.2) is 24.3 Å². The highest BCUT2D eigenvalue weighted by atomic mass is 16.5. The number of benzene rings is 1. The lowest BCUT2D eigenvalue weighted by atomic mass is 10.2. The largest absolute Gasteiger partial charge is 0.494 e. The lowest BCUT2D eigenvalue weighted by Crippen LogP contribution is -2.40. The Morgan fingerprint density at radius 3 is 2.45 bits per heavy atom. The second kappa shape index (κ2) is 6.41. The van der Waals surface area contributed by atoms with Crippen molar-refractivity contribution in [3.63, 3.8) is 0 Å². The lowest BCUT2D eigenvalue weighted by molar-refractivity contribution is -0.123. The summed E-state index contributed by atoms with van der Waals surface area (Å²) in [7, 11) is 0. The standard InChI is InChI=1S/C15H20N2O3/c1-3-20-14-8-6-13(7-9-14)17(11(2)18)10-15(19)16-12-4-5-12/h6-9,12H,3-5,10H2,1-2H3,(H,16,19). The number of nitrogens with zero attached hydrogens (tertiary/aromatic N) is 1. The molecule has 1 aliphatic rings. The van der Waals surface area contributed by atoms with Gasteiger partial charge in [0.25, 0.3) is 0 Å². The predicted octanol–water partition coefficient (Wildman–Crippen LogP) is 1.72. The van der Waals surface area contributed by atoms with Crippen LogP contribution in [0.1, 0.15) is 26.7 Å². The summed E-state index contributed by atoms with van der Waals surface area (Å²) in [5.41, 5.74) is 0.701. The van der Waals surface area contributed by atoms with E-state index < -0.39 is 0 Å². The molecule has 5 nitrogen and oxygen atoms in total. The fraction of sp³-hybridized carbons (Fsp3) is 0.467. The fourth-order valence-electron chi connectivity index (χ4n) is 1.92. The van der Waals surface area contributed by atoms with Gasteiger partial charge in [-0.3, -0.25) is 9.59 Å². The third-order valence-electron chi connectivity index (χ3n) is 3.08. The van der Waals surface area contributed by atoms with Crippen LogP contribution in [0.3, 0.4) is 0 Å². The molecule has 5 heteroatoms. The number of amides is 2. The van der Waals surface area contributed by atoms with Crippen molar-refractivity contribution in [2.75, 3.05) is 18.1 Å². The van der Waals surface area contributed by atoms with E-state index in [1.54, 1.807) is 24.3 Å². The Bertz CT molecular complexity index is 480. The van der Waals surface area contributed by atoms with E-state index >= 15 is 0 Å². The Balaban J connectivity index is 2.02. The second-order valence-corrected chi connectivity index (χ2v) is 4.87. The highest BCUT2D eigenvalue weighted by molar-refractivity contribution is 5.97. The molecule has 0 aromatic heterocycles. The van der Waals surface area contributed by atoms with Gasteiger partial charge in [0.2, 0.25) is 11.8 Å². The average molecular weight is 276 g/mol. The lowest BCUT2D eigenvalue weighted by Gasteiger charge is -2.21. The van der Waals surface area contributed by atoms with Crippen LogP contribution in [0.5, 0.6) is 5.75 Å². The van der Waals surface area contributed by atoms with Gasteiger partial charge in [-0.2, -0.15) is 0 Å². The van der Waals surface area contributed by atoms with Gasteiger partial charge in [-0.15, -0.1) is 0 Å². The van der Waals surface area contributed by atoms with Crippen LogP contribution in [0.4, 0.5) is 5.69 Å². The summed E-state index contributed by atoms with van der Waals surface area (Å²) in [5, 5.41) is 2.88. The average Bonchev–Trinajstić information content (AvgIpc) is 3.21. The molecule has 1 saturated carbocycles. The zero-order valence-corrected chi connectivity index (χ0v) is 11.9. The first kappa shape index (κ1) is 14.4. The summed E-state index contributed by atoms with van der Waals surface area (Å²) >= 11 is 0. The van der Waals surface area contributed by atoms with Crippen molar-refractivity contribution in [1.29, 1.82) is 0 Å². The highest BCUT2D eigenvalue weighted by Gasteiger charge is 2.25. The van der Waals surface area contributed by atoms with Crippen LogP contribution in [0.2, 0.25) is 0 Å². The molecule has 1 N–H and O–H groups in total. The van der Waals surface area contributed by atoms with Gasteiger partial charge >= 0.3 is 0 Å². The zero-order chi connectivity index (χ0) is 14.5. The highest BCUT2D eigenvalue weighted by Crippen LogP contribution is 2.21. The number of carbonyl (C=O) groups excluding carboxylic acids is 2. The summed E-state index contributed by atoms with van der Waals surface area (Å²) in [4.78, 5) is 25.0. The predicted molar refractivity (Wildman–Crippen MR) is 76.8 cm³/mol. The SMILES string of the molecule is CCOc1ccc(N(CC(=O)NC2CC2)C(C)=O)cc1. The summed E-state index contributed by atoms with van der Waals surface area (Å²) in [6, 6.07) is 7.48. The van der Waals surface area contributed by atoms with Crippen molar-refractivity contribution in [1.82, 2.24) is 5.32 Å². The van der Waals surface area contributed by atoms with Crippen LogP contribution >= 0.6 is 0 Å². The molecule has 0 unspecified atom stereocenters. The fourth-order valence-corrected chi connectivity index (χ4v) is 1.92. The molecule has 0 bridgehead atoms. The van der Waals surface area contributed by atoms with Crippen molar-refractivity contribution in [3.05, 3.63) is 24.3 Å². The van der Waals surface area contributed by atoms with Gasteiger partial charge in [0, 0.05) is 18.7 Å². The molecule has 108 valence electrons. The monoisotopic (exact) mass is 276 g/mol. The molecule has 0 saturated heterocycles.